The van der Waals surface area contributed by atoms with Crippen LogP contribution in [0.15, 0.2) is 58.3 Å². The lowest BCUT2D eigenvalue weighted by Gasteiger charge is -2.13. The number of aromatic amines is 1. The summed E-state index contributed by atoms with van der Waals surface area (Å²) in [4.78, 5) is 24.5. The second kappa shape index (κ2) is 7.31. The molecule has 0 amide bonds. The van der Waals surface area contributed by atoms with E-state index in [0.717, 1.165) is 27.8 Å². The van der Waals surface area contributed by atoms with Crippen molar-refractivity contribution in [3.05, 3.63) is 64.0 Å². The normalized spacial score (nSPS) is 11.3. The average molecular weight is 418 g/mol. The van der Waals surface area contributed by atoms with Gasteiger partial charge in [-0.25, -0.2) is 9.78 Å². The van der Waals surface area contributed by atoms with E-state index >= 15 is 0 Å². The molecule has 30 heavy (non-hydrogen) atoms. The number of methoxy groups -OCH3 is 1. The Kier molecular flexibility index (Phi) is 4.48. The standard InChI is InChI=1S/C22H18N4O3S/c1-3-29-18-6-8-23-21-19(18)26(22(27)25-21)14-4-5-17-15(10-14)20(28-2)16(11-24-17)13-7-9-30-12-13/h4-12H,3H2,1-2H3,(H,23,25,27). The molecule has 0 bridgehead atoms. The van der Waals surface area contributed by atoms with Gasteiger partial charge in [0.15, 0.2) is 5.65 Å². The van der Waals surface area contributed by atoms with Crippen molar-refractivity contribution in [2.45, 2.75) is 6.92 Å². The second-order valence-electron chi connectivity index (χ2n) is 6.62. The van der Waals surface area contributed by atoms with E-state index in [-0.39, 0.29) is 5.69 Å². The molecule has 0 radical (unpaired) electrons. The van der Waals surface area contributed by atoms with E-state index in [9.17, 15) is 4.79 Å². The van der Waals surface area contributed by atoms with Gasteiger partial charge in [0.25, 0.3) is 0 Å². The van der Waals surface area contributed by atoms with Gasteiger partial charge in [-0.15, -0.1) is 0 Å². The first-order valence-electron chi connectivity index (χ1n) is 9.43. The molecule has 4 aromatic heterocycles. The smallest absolute Gasteiger partial charge is 0.332 e. The van der Waals surface area contributed by atoms with Crippen LogP contribution in [0.4, 0.5) is 0 Å². The van der Waals surface area contributed by atoms with E-state index in [1.807, 2.05) is 42.8 Å². The molecule has 0 aliphatic carbocycles. The molecule has 0 aliphatic heterocycles. The fourth-order valence-electron chi connectivity index (χ4n) is 3.66. The predicted octanol–water partition coefficient (Wildman–Crippen LogP) is 4.40. The molecule has 0 fully saturated rings. The van der Waals surface area contributed by atoms with Gasteiger partial charge < -0.3 is 9.47 Å². The summed E-state index contributed by atoms with van der Waals surface area (Å²) in [7, 11) is 1.65. The van der Waals surface area contributed by atoms with Crippen LogP contribution in [-0.2, 0) is 0 Å². The Morgan fingerprint density at radius 1 is 1.20 bits per heavy atom. The summed E-state index contributed by atoms with van der Waals surface area (Å²) in [5, 5.41) is 4.89. The number of H-pyrrole nitrogens is 1. The summed E-state index contributed by atoms with van der Waals surface area (Å²) in [6.07, 6.45) is 3.44. The minimum Gasteiger partial charge on any atom is -0.495 e. The number of benzene rings is 1. The molecule has 0 saturated heterocycles. The number of pyridine rings is 2. The molecule has 0 spiro atoms. The molecular formula is C22H18N4O3S. The van der Waals surface area contributed by atoms with E-state index in [1.54, 1.807) is 35.3 Å². The van der Waals surface area contributed by atoms with Crippen LogP contribution in [-0.4, -0.2) is 33.2 Å². The summed E-state index contributed by atoms with van der Waals surface area (Å²) in [6, 6.07) is 9.44. The van der Waals surface area contributed by atoms with Gasteiger partial charge in [0, 0.05) is 29.4 Å². The van der Waals surface area contributed by atoms with Crippen LogP contribution in [0.25, 0.3) is 38.9 Å². The van der Waals surface area contributed by atoms with E-state index in [4.69, 9.17) is 9.47 Å². The molecule has 1 N–H and O–H groups in total. The highest BCUT2D eigenvalue weighted by Crippen LogP contribution is 2.37. The summed E-state index contributed by atoms with van der Waals surface area (Å²) in [5.74, 6) is 1.31. The Morgan fingerprint density at radius 2 is 2.10 bits per heavy atom. The molecule has 0 unspecified atom stereocenters. The van der Waals surface area contributed by atoms with Crippen LogP contribution < -0.4 is 15.2 Å². The monoisotopic (exact) mass is 418 g/mol. The molecule has 5 aromatic rings. The third-order valence-corrected chi connectivity index (χ3v) is 5.62. The molecule has 150 valence electrons. The van der Waals surface area contributed by atoms with Crippen molar-refractivity contribution < 1.29 is 9.47 Å². The first-order chi connectivity index (χ1) is 14.7. The van der Waals surface area contributed by atoms with Crippen LogP contribution in [0.5, 0.6) is 11.5 Å². The van der Waals surface area contributed by atoms with Crippen molar-refractivity contribution in [1.29, 1.82) is 0 Å². The number of hydrogen-bond acceptors (Lipinski definition) is 6. The topological polar surface area (TPSA) is 82.0 Å². The molecule has 0 aliphatic rings. The first kappa shape index (κ1) is 18.4. The van der Waals surface area contributed by atoms with Gasteiger partial charge in [0.2, 0.25) is 0 Å². The van der Waals surface area contributed by atoms with Crippen molar-refractivity contribution in [2.24, 2.45) is 0 Å². The molecule has 5 rings (SSSR count). The highest BCUT2D eigenvalue weighted by Gasteiger charge is 2.17. The van der Waals surface area contributed by atoms with Crippen LogP contribution in [0.1, 0.15) is 6.92 Å². The van der Waals surface area contributed by atoms with Crippen molar-refractivity contribution in [1.82, 2.24) is 19.5 Å². The van der Waals surface area contributed by atoms with E-state index in [0.29, 0.717) is 29.2 Å². The van der Waals surface area contributed by atoms with Gasteiger partial charge in [0.05, 0.1) is 24.9 Å². The number of ether oxygens (including phenoxy) is 2. The number of nitrogens with one attached hydrogen (secondary N) is 1. The average Bonchev–Trinajstić information content (AvgIpc) is 3.40. The van der Waals surface area contributed by atoms with Crippen LogP contribution in [0.3, 0.4) is 0 Å². The Bertz CT molecular complexity index is 1420. The van der Waals surface area contributed by atoms with Gasteiger partial charge in [-0.2, -0.15) is 11.3 Å². The van der Waals surface area contributed by atoms with E-state index < -0.39 is 0 Å². The Morgan fingerprint density at radius 3 is 2.87 bits per heavy atom. The molecule has 8 heteroatoms. The maximum atomic E-state index is 12.8. The molecule has 4 heterocycles. The zero-order chi connectivity index (χ0) is 20.7. The lowest BCUT2D eigenvalue weighted by atomic mass is 10.1. The third-order valence-electron chi connectivity index (χ3n) is 4.94. The second-order valence-corrected chi connectivity index (χ2v) is 7.40. The quantitative estimate of drug-likeness (QED) is 0.458. The van der Waals surface area contributed by atoms with Crippen LogP contribution >= 0.6 is 11.3 Å². The third kappa shape index (κ3) is 2.84. The number of aromatic nitrogens is 4. The molecule has 7 nitrogen and oxygen atoms in total. The number of fused-ring (bicyclic) bond motifs is 2. The van der Waals surface area contributed by atoms with Gasteiger partial charge in [-0.3, -0.25) is 14.5 Å². The minimum absolute atomic E-state index is 0.287. The van der Waals surface area contributed by atoms with E-state index in [1.165, 1.54) is 0 Å². The molecule has 0 atom stereocenters. The van der Waals surface area contributed by atoms with Gasteiger partial charge >= 0.3 is 5.69 Å². The number of thiophene rings is 1. The summed E-state index contributed by atoms with van der Waals surface area (Å²) < 4.78 is 13.1. The zero-order valence-electron chi connectivity index (χ0n) is 16.4. The Hall–Kier alpha value is -3.65. The van der Waals surface area contributed by atoms with Crippen molar-refractivity contribution in [3.8, 4) is 28.3 Å². The maximum Gasteiger partial charge on any atom is 0.332 e. The molecule has 1 aromatic carbocycles. The molecular weight excluding hydrogens is 400 g/mol. The van der Waals surface area contributed by atoms with Crippen molar-refractivity contribution >= 4 is 33.4 Å². The number of rotatable bonds is 5. The van der Waals surface area contributed by atoms with Crippen LogP contribution in [0.2, 0.25) is 0 Å². The SMILES string of the molecule is CCOc1ccnc2[nH]c(=O)n(-c3ccc4ncc(-c5ccsc5)c(OC)c4c3)c12. The largest absolute Gasteiger partial charge is 0.495 e. The highest BCUT2D eigenvalue weighted by molar-refractivity contribution is 7.08. The first-order valence-corrected chi connectivity index (χ1v) is 10.4. The number of imidazole rings is 1. The van der Waals surface area contributed by atoms with Crippen molar-refractivity contribution in [3.63, 3.8) is 0 Å². The summed E-state index contributed by atoms with van der Waals surface area (Å²) >= 11 is 1.62. The van der Waals surface area contributed by atoms with E-state index in [2.05, 4.69) is 20.3 Å². The number of nitrogens with zero attached hydrogens (tertiary/aromatic N) is 3. The Balaban J connectivity index is 1.79. The zero-order valence-corrected chi connectivity index (χ0v) is 17.2. The fraction of sp³-hybridized carbons (Fsp3) is 0.136. The van der Waals surface area contributed by atoms with Crippen molar-refractivity contribution in [2.75, 3.05) is 13.7 Å². The van der Waals surface area contributed by atoms with Gasteiger partial charge in [0.1, 0.15) is 17.0 Å². The van der Waals surface area contributed by atoms with Gasteiger partial charge in [-0.1, -0.05) is 0 Å². The highest BCUT2D eigenvalue weighted by atomic mass is 32.1. The molecule has 0 saturated carbocycles. The number of hydrogen-bond donors (Lipinski definition) is 1. The lowest BCUT2D eigenvalue weighted by molar-refractivity contribution is 0.343. The maximum absolute atomic E-state index is 12.8. The fourth-order valence-corrected chi connectivity index (χ4v) is 4.32. The predicted molar refractivity (Wildman–Crippen MR) is 118 cm³/mol. The summed E-state index contributed by atoms with van der Waals surface area (Å²) in [5.41, 5.74) is 4.20. The van der Waals surface area contributed by atoms with Gasteiger partial charge in [-0.05, 0) is 47.5 Å². The van der Waals surface area contributed by atoms with Crippen LogP contribution in [0, 0.1) is 0 Å². The summed E-state index contributed by atoms with van der Waals surface area (Å²) in [6.45, 7) is 2.39. The Labute approximate surface area is 175 Å². The minimum atomic E-state index is -0.287. The lowest BCUT2D eigenvalue weighted by Crippen LogP contribution is -2.15.